The lowest BCUT2D eigenvalue weighted by Gasteiger charge is -2.14. The minimum atomic E-state index is -1.10. The number of nitrogens with one attached hydrogen (secondary N) is 1. The third-order valence-electron chi connectivity index (χ3n) is 3.77. The van der Waals surface area contributed by atoms with Crippen LogP contribution in [0.2, 0.25) is 0 Å². The van der Waals surface area contributed by atoms with Crippen molar-refractivity contribution in [3.8, 4) is 0 Å². The lowest BCUT2D eigenvalue weighted by Crippen LogP contribution is -2.41. The van der Waals surface area contributed by atoms with Crippen LogP contribution in [0.1, 0.15) is 57.4 Å². The molecule has 0 bridgehead atoms. The topological polar surface area (TPSA) is 66.4 Å². The Hall–Kier alpha value is -1.98. The summed E-state index contributed by atoms with van der Waals surface area (Å²) >= 11 is 0. The van der Waals surface area contributed by atoms with Gasteiger partial charge in [-0.15, -0.1) is 0 Å². The van der Waals surface area contributed by atoms with Crippen LogP contribution in [0.15, 0.2) is 18.2 Å². The monoisotopic (exact) mass is 341 g/mol. The predicted octanol–water partition coefficient (Wildman–Crippen LogP) is 3.83. The van der Waals surface area contributed by atoms with Crippen LogP contribution in [0.3, 0.4) is 0 Å². The Balaban J connectivity index is 2.43. The molecule has 1 aromatic carbocycles. The molecule has 0 unspecified atom stereocenters. The molecule has 4 nitrogen and oxygen atoms in total. The van der Waals surface area contributed by atoms with Crippen molar-refractivity contribution in [1.82, 2.24) is 5.32 Å². The molecular formula is C18H25F2NO3. The van der Waals surface area contributed by atoms with Crippen LogP contribution in [-0.4, -0.2) is 23.0 Å². The second-order valence-corrected chi connectivity index (χ2v) is 5.97. The molecule has 0 aliphatic rings. The second kappa shape index (κ2) is 10.7. The summed E-state index contributed by atoms with van der Waals surface area (Å²) in [5, 5.41) is 11.6. The van der Waals surface area contributed by atoms with Gasteiger partial charge >= 0.3 is 5.97 Å². The van der Waals surface area contributed by atoms with E-state index < -0.39 is 29.6 Å². The van der Waals surface area contributed by atoms with Gasteiger partial charge in [0.1, 0.15) is 17.7 Å². The van der Waals surface area contributed by atoms with Crippen LogP contribution in [0, 0.1) is 11.6 Å². The Bertz CT molecular complexity index is 529. The van der Waals surface area contributed by atoms with Crippen LogP contribution in [-0.2, 0) is 16.0 Å². The Morgan fingerprint density at radius 1 is 1.04 bits per heavy atom. The third-order valence-corrected chi connectivity index (χ3v) is 3.77. The van der Waals surface area contributed by atoms with Gasteiger partial charge in [0.05, 0.1) is 6.42 Å². The Labute approximate surface area is 141 Å². The molecule has 134 valence electrons. The molecule has 0 aliphatic carbocycles. The van der Waals surface area contributed by atoms with Crippen molar-refractivity contribution in [3.05, 3.63) is 35.4 Å². The van der Waals surface area contributed by atoms with E-state index in [1.165, 1.54) is 6.42 Å². The van der Waals surface area contributed by atoms with Crippen molar-refractivity contribution >= 4 is 11.9 Å². The number of aliphatic carboxylic acids is 1. The molecule has 0 saturated carbocycles. The zero-order valence-electron chi connectivity index (χ0n) is 14.0. The first-order valence-electron chi connectivity index (χ1n) is 8.39. The molecule has 0 heterocycles. The number of hydrogen-bond acceptors (Lipinski definition) is 2. The Kier molecular flexibility index (Phi) is 8.97. The van der Waals surface area contributed by atoms with Crippen molar-refractivity contribution in [2.45, 2.75) is 64.3 Å². The maximum Gasteiger partial charge on any atom is 0.326 e. The van der Waals surface area contributed by atoms with Gasteiger partial charge in [0, 0.05) is 6.07 Å². The molecule has 1 amide bonds. The fourth-order valence-electron chi connectivity index (χ4n) is 2.53. The summed E-state index contributed by atoms with van der Waals surface area (Å²) in [6, 6.07) is 1.88. The predicted molar refractivity (Wildman–Crippen MR) is 87.6 cm³/mol. The molecule has 24 heavy (non-hydrogen) atoms. The first kappa shape index (κ1) is 20.1. The molecule has 0 spiro atoms. The van der Waals surface area contributed by atoms with E-state index in [2.05, 4.69) is 12.2 Å². The first-order chi connectivity index (χ1) is 11.4. The summed E-state index contributed by atoms with van der Waals surface area (Å²) in [4.78, 5) is 23.1. The lowest BCUT2D eigenvalue weighted by atomic mass is 10.0. The summed E-state index contributed by atoms with van der Waals surface area (Å²) in [7, 11) is 0. The van der Waals surface area contributed by atoms with Gasteiger partial charge in [-0.05, 0) is 24.1 Å². The van der Waals surface area contributed by atoms with Crippen molar-refractivity contribution in [3.63, 3.8) is 0 Å². The Morgan fingerprint density at radius 2 is 1.62 bits per heavy atom. The van der Waals surface area contributed by atoms with Gasteiger partial charge in [-0.25, -0.2) is 13.6 Å². The van der Waals surface area contributed by atoms with Crippen molar-refractivity contribution < 1.29 is 23.5 Å². The molecule has 0 aromatic heterocycles. The molecule has 0 radical (unpaired) electrons. The summed E-state index contributed by atoms with van der Waals surface area (Å²) in [6.45, 7) is 2.13. The number of rotatable bonds is 11. The molecular weight excluding hydrogens is 316 g/mol. The molecule has 2 N–H and O–H groups in total. The van der Waals surface area contributed by atoms with Crippen LogP contribution < -0.4 is 5.32 Å². The summed E-state index contributed by atoms with van der Waals surface area (Å²) in [5.41, 5.74) is 0.175. The van der Waals surface area contributed by atoms with Crippen LogP contribution in [0.5, 0.6) is 0 Å². The summed E-state index contributed by atoms with van der Waals surface area (Å²) in [5.74, 6) is -3.18. The lowest BCUT2D eigenvalue weighted by molar-refractivity contribution is -0.142. The van der Waals surface area contributed by atoms with E-state index in [1.54, 1.807) is 0 Å². The highest BCUT2D eigenvalue weighted by atomic mass is 19.1. The molecule has 1 rings (SSSR count). The van der Waals surface area contributed by atoms with Gasteiger partial charge in [-0.2, -0.15) is 0 Å². The van der Waals surface area contributed by atoms with E-state index in [0.717, 1.165) is 50.3 Å². The van der Waals surface area contributed by atoms with Gasteiger partial charge in [-0.3, -0.25) is 4.79 Å². The van der Waals surface area contributed by atoms with Crippen LogP contribution in [0.25, 0.3) is 0 Å². The number of hydrogen-bond donors (Lipinski definition) is 2. The van der Waals surface area contributed by atoms with E-state index in [9.17, 15) is 23.5 Å². The fraction of sp³-hybridized carbons (Fsp3) is 0.556. The highest BCUT2D eigenvalue weighted by molar-refractivity contribution is 5.84. The highest BCUT2D eigenvalue weighted by Gasteiger charge is 2.19. The minimum absolute atomic E-state index is 0.175. The Morgan fingerprint density at radius 3 is 2.21 bits per heavy atom. The molecule has 1 aromatic rings. The normalized spacial score (nSPS) is 12.0. The van der Waals surface area contributed by atoms with Crippen molar-refractivity contribution in [2.75, 3.05) is 0 Å². The molecule has 0 saturated heterocycles. The van der Waals surface area contributed by atoms with E-state index in [0.29, 0.717) is 6.42 Å². The third kappa shape index (κ3) is 8.04. The van der Waals surface area contributed by atoms with Gasteiger partial charge in [-0.1, -0.05) is 45.4 Å². The van der Waals surface area contributed by atoms with Gasteiger partial charge in [0.25, 0.3) is 0 Å². The van der Waals surface area contributed by atoms with E-state index in [-0.39, 0.29) is 12.0 Å². The number of carboxylic acid groups (broad SMARTS) is 1. The maximum atomic E-state index is 13.1. The second-order valence-electron chi connectivity index (χ2n) is 5.97. The number of halogens is 2. The molecule has 1 atom stereocenters. The highest BCUT2D eigenvalue weighted by Crippen LogP contribution is 2.11. The average molecular weight is 341 g/mol. The number of carbonyl (C=O) groups is 2. The summed E-state index contributed by atoms with van der Waals surface area (Å²) in [6.07, 6.45) is 6.24. The standard InChI is InChI=1S/C18H25F2NO3/c1-2-3-4-5-6-7-8-16(18(23)24)21-17(22)11-13-9-14(19)12-15(20)10-13/h9-10,12,16H,2-8,11H2,1H3,(H,21,22)(H,23,24)/t16-/m0/s1. The van der Waals surface area contributed by atoms with Gasteiger partial charge in [0.2, 0.25) is 5.91 Å². The van der Waals surface area contributed by atoms with Crippen molar-refractivity contribution in [1.29, 1.82) is 0 Å². The number of carbonyl (C=O) groups excluding carboxylic acids is 1. The number of carboxylic acids is 1. The number of benzene rings is 1. The summed E-state index contributed by atoms with van der Waals surface area (Å²) < 4.78 is 26.2. The molecule has 0 aliphatic heterocycles. The number of unbranched alkanes of at least 4 members (excludes halogenated alkanes) is 5. The van der Waals surface area contributed by atoms with E-state index in [1.807, 2.05) is 0 Å². The largest absolute Gasteiger partial charge is 0.480 e. The SMILES string of the molecule is CCCCCCCC[C@H](NC(=O)Cc1cc(F)cc(F)c1)C(=O)O. The molecule has 6 heteroatoms. The molecule has 0 fully saturated rings. The first-order valence-corrected chi connectivity index (χ1v) is 8.39. The smallest absolute Gasteiger partial charge is 0.326 e. The zero-order chi connectivity index (χ0) is 17.9. The van der Waals surface area contributed by atoms with Gasteiger partial charge in [0.15, 0.2) is 0 Å². The van der Waals surface area contributed by atoms with Crippen molar-refractivity contribution in [2.24, 2.45) is 0 Å². The van der Waals surface area contributed by atoms with E-state index >= 15 is 0 Å². The minimum Gasteiger partial charge on any atom is -0.480 e. The fourth-order valence-corrected chi connectivity index (χ4v) is 2.53. The zero-order valence-corrected chi connectivity index (χ0v) is 14.0. The number of amides is 1. The average Bonchev–Trinajstić information content (AvgIpc) is 2.48. The van der Waals surface area contributed by atoms with Gasteiger partial charge < -0.3 is 10.4 Å². The quantitative estimate of drug-likeness (QED) is 0.601. The maximum absolute atomic E-state index is 13.1. The van der Waals surface area contributed by atoms with E-state index in [4.69, 9.17) is 0 Å². The van der Waals surface area contributed by atoms with Crippen LogP contribution in [0.4, 0.5) is 8.78 Å². The van der Waals surface area contributed by atoms with Crippen LogP contribution >= 0.6 is 0 Å².